The van der Waals surface area contributed by atoms with Gasteiger partial charge in [-0.05, 0) is 24.1 Å². The summed E-state index contributed by atoms with van der Waals surface area (Å²) >= 11 is 0. The minimum absolute atomic E-state index is 0.0300. The van der Waals surface area contributed by atoms with Gasteiger partial charge in [-0.2, -0.15) is 13.2 Å². The van der Waals surface area contributed by atoms with Gasteiger partial charge in [0, 0.05) is 11.5 Å². The molecule has 8 heteroatoms. The Bertz CT molecular complexity index is 683. The van der Waals surface area contributed by atoms with Crippen molar-refractivity contribution in [1.82, 2.24) is 0 Å². The molecule has 0 aromatic heterocycles. The van der Waals surface area contributed by atoms with Gasteiger partial charge >= 0.3 is 12.1 Å². The van der Waals surface area contributed by atoms with Crippen molar-refractivity contribution in [2.45, 2.75) is 25.6 Å². The Labute approximate surface area is 133 Å². The summed E-state index contributed by atoms with van der Waals surface area (Å²) in [4.78, 5) is 26.6. The third-order valence-electron chi connectivity index (χ3n) is 3.11. The van der Waals surface area contributed by atoms with Crippen LogP contribution in [0.15, 0.2) is 29.3 Å². The molecule has 0 spiro atoms. The van der Waals surface area contributed by atoms with Crippen LogP contribution in [0, 0.1) is 0 Å². The monoisotopic (exact) mass is 345 g/mol. The lowest BCUT2D eigenvalue weighted by atomic mass is 10.1. The van der Waals surface area contributed by atoms with Crippen LogP contribution in [0.2, 0.25) is 0 Å². The van der Waals surface area contributed by atoms with Crippen LogP contribution in [-0.4, -0.2) is 28.5 Å². The van der Waals surface area contributed by atoms with Gasteiger partial charge in [-0.1, -0.05) is 28.5 Å². The topological polar surface area (TPSA) is 55.7 Å². The third-order valence-corrected chi connectivity index (χ3v) is 4.38. The van der Waals surface area contributed by atoms with Crippen molar-refractivity contribution < 1.29 is 27.5 Å². The Kier molecular flexibility index (Phi) is 5.35. The number of ether oxygens (including phenoxy) is 1. The summed E-state index contributed by atoms with van der Waals surface area (Å²) in [5.74, 6) is 3.57. The highest BCUT2D eigenvalue weighted by molar-refractivity contribution is 8.27. The SMILES string of the molecule is C=S1CC(CCC(=O)OCc2cccc(C(F)(F)F)c2)=NC1=O. The van der Waals surface area contributed by atoms with Crippen molar-refractivity contribution in [1.29, 1.82) is 0 Å². The number of nitrogens with zero attached hydrogens (tertiary/aromatic N) is 1. The van der Waals surface area contributed by atoms with E-state index in [2.05, 4.69) is 10.9 Å². The van der Waals surface area contributed by atoms with Gasteiger partial charge in [0.05, 0.1) is 12.0 Å². The number of hydrogen-bond donors (Lipinski definition) is 0. The molecule has 0 aliphatic carbocycles. The molecule has 0 saturated heterocycles. The van der Waals surface area contributed by atoms with Crippen LogP contribution in [0.25, 0.3) is 0 Å². The number of halogens is 3. The van der Waals surface area contributed by atoms with E-state index in [-0.39, 0.29) is 23.8 Å². The summed E-state index contributed by atoms with van der Waals surface area (Å²) in [6.45, 7) is -0.228. The van der Waals surface area contributed by atoms with Crippen LogP contribution in [0.1, 0.15) is 24.0 Å². The lowest BCUT2D eigenvalue weighted by Gasteiger charge is -2.09. The Hall–Kier alpha value is -1.96. The molecule has 1 aliphatic rings. The van der Waals surface area contributed by atoms with Crippen LogP contribution in [0.5, 0.6) is 0 Å². The van der Waals surface area contributed by atoms with Gasteiger partial charge in [0.2, 0.25) is 0 Å². The molecule has 4 nitrogen and oxygen atoms in total. The van der Waals surface area contributed by atoms with Crippen molar-refractivity contribution >= 4 is 33.3 Å². The minimum atomic E-state index is -4.43. The fourth-order valence-corrected chi connectivity index (χ4v) is 2.93. The molecule has 1 aromatic rings. The highest BCUT2D eigenvalue weighted by atomic mass is 32.2. The van der Waals surface area contributed by atoms with E-state index in [1.165, 1.54) is 12.1 Å². The fourth-order valence-electron chi connectivity index (χ4n) is 1.94. The zero-order chi connectivity index (χ0) is 17.0. The van der Waals surface area contributed by atoms with Crippen LogP contribution >= 0.6 is 10.5 Å². The standard InChI is InChI=1S/C15H14F3NO3S/c1-23-9-12(19-14(23)21)5-6-13(20)22-8-10-3-2-4-11(7-10)15(16,17)18/h2-4,7H,1,5-6,8-9H2. The summed E-state index contributed by atoms with van der Waals surface area (Å²) in [6, 6.07) is 4.62. The van der Waals surface area contributed by atoms with E-state index in [9.17, 15) is 22.8 Å². The molecule has 124 valence electrons. The summed E-state index contributed by atoms with van der Waals surface area (Å²) < 4.78 is 42.7. The average molecular weight is 345 g/mol. The van der Waals surface area contributed by atoms with Gasteiger partial charge in [-0.15, -0.1) is 0 Å². The molecule has 1 aliphatic heterocycles. The Morgan fingerprint density at radius 1 is 1.39 bits per heavy atom. The number of carbonyl (C=O) groups is 2. The van der Waals surface area contributed by atoms with Crippen molar-refractivity contribution in [3.05, 3.63) is 35.4 Å². The van der Waals surface area contributed by atoms with E-state index >= 15 is 0 Å². The Morgan fingerprint density at radius 2 is 2.13 bits per heavy atom. The molecule has 1 unspecified atom stereocenters. The highest BCUT2D eigenvalue weighted by Crippen LogP contribution is 2.29. The van der Waals surface area contributed by atoms with Gasteiger partial charge in [0.25, 0.3) is 5.24 Å². The fraction of sp³-hybridized carbons (Fsp3) is 0.333. The van der Waals surface area contributed by atoms with Gasteiger partial charge < -0.3 is 4.74 Å². The first kappa shape index (κ1) is 17.4. The molecule has 0 saturated carbocycles. The van der Waals surface area contributed by atoms with Crippen molar-refractivity contribution in [2.24, 2.45) is 4.99 Å². The number of hydrogen-bond acceptors (Lipinski definition) is 3. The number of carbonyl (C=O) groups excluding carboxylic acids is 2. The quantitative estimate of drug-likeness (QED) is 0.602. The summed E-state index contributed by atoms with van der Waals surface area (Å²) in [5.41, 5.74) is 0.0950. The van der Waals surface area contributed by atoms with E-state index in [1.54, 1.807) is 0 Å². The van der Waals surface area contributed by atoms with Gasteiger partial charge in [0.15, 0.2) is 0 Å². The van der Waals surface area contributed by atoms with Gasteiger partial charge in [0.1, 0.15) is 6.61 Å². The van der Waals surface area contributed by atoms with Crippen molar-refractivity contribution in [2.75, 3.05) is 5.75 Å². The van der Waals surface area contributed by atoms with E-state index in [0.29, 0.717) is 17.9 Å². The Morgan fingerprint density at radius 3 is 2.74 bits per heavy atom. The molecule has 1 aromatic carbocycles. The first-order chi connectivity index (χ1) is 10.8. The second kappa shape index (κ2) is 7.08. The maximum atomic E-state index is 12.6. The smallest absolute Gasteiger partial charge is 0.416 e. The molecule has 0 fully saturated rings. The Balaban J connectivity index is 1.82. The highest BCUT2D eigenvalue weighted by Gasteiger charge is 2.30. The van der Waals surface area contributed by atoms with E-state index in [0.717, 1.165) is 12.1 Å². The normalized spacial score (nSPS) is 18.0. The van der Waals surface area contributed by atoms with Crippen LogP contribution < -0.4 is 0 Å². The number of aliphatic imine (C=N–C) groups is 1. The van der Waals surface area contributed by atoms with Crippen molar-refractivity contribution in [3.8, 4) is 0 Å². The molecular formula is C15H14F3NO3S. The first-order valence-electron chi connectivity index (χ1n) is 6.68. The van der Waals surface area contributed by atoms with E-state index in [1.807, 2.05) is 0 Å². The lowest BCUT2D eigenvalue weighted by molar-refractivity contribution is -0.144. The van der Waals surface area contributed by atoms with Crippen LogP contribution in [-0.2, 0) is 22.3 Å². The van der Waals surface area contributed by atoms with Gasteiger partial charge in [-0.3, -0.25) is 9.59 Å². The molecule has 1 amide bonds. The maximum Gasteiger partial charge on any atom is 0.416 e. The minimum Gasteiger partial charge on any atom is -0.461 e. The van der Waals surface area contributed by atoms with Crippen LogP contribution in [0.4, 0.5) is 18.0 Å². The number of esters is 1. The predicted octanol–water partition coefficient (Wildman–Crippen LogP) is 3.80. The van der Waals surface area contributed by atoms with Gasteiger partial charge in [-0.25, -0.2) is 4.99 Å². The third kappa shape index (κ3) is 5.02. The lowest BCUT2D eigenvalue weighted by Crippen LogP contribution is -2.09. The second-order valence-electron chi connectivity index (χ2n) is 4.94. The molecule has 0 bridgehead atoms. The predicted molar refractivity (Wildman–Crippen MR) is 82.9 cm³/mol. The summed E-state index contributed by atoms with van der Waals surface area (Å²) in [5, 5.41) is -0.266. The number of benzene rings is 1. The number of alkyl halides is 3. The largest absolute Gasteiger partial charge is 0.461 e. The van der Waals surface area contributed by atoms with Crippen LogP contribution in [0.3, 0.4) is 0 Å². The maximum absolute atomic E-state index is 12.6. The molecular weight excluding hydrogens is 331 g/mol. The number of amides is 1. The number of rotatable bonds is 5. The molecule has 0 radical (unpaired) electrons. The molecule has 1 heterocycles. The average Bonchev–Trinajstić information content (AvgIpc) is 2.81. The molecule has 1 atom stereocenters. The first-order valence-corrected chi connectivity index (χ1v) is 8.25. The molecule has 2 rings (SSSR count). The zero-order valence-electron chi connectivity index (χ0n) is 12.1. The van der Waals surface area contributed by atoms with Crippen molar-refractivity contribution in [3.63, 3.8) is 0 Å². The molecule has 0 N–H and O–H groups in total. The van der Waals surface area contributed by atoms with E-state index in [4.69, 9.17) is 4.74 Å². The van der Waals surface area contributed by atoms with E-state index < -0.39 is 28.2 Å². The summed E-state index contributed by atoms with van der Waals surface area (Å²) in [7, 11) is -0.658. The zero-order valence-corrected chi connectivity index (χ0v) is 12.9. The second-order valence-corrected chi connectivity index (χ2v) is 6.56. The molecule has 23 heavy (non-hydrogen) atoms. The summed E-state index contributed by atoms with van der Waals surface area (Å²) in [6.07, 6.45) is -4.10.